The van der Waals surface area contributed by atoms with Crippen LogP contribution in [0.1, 0.15) is 45.9 Å². The summed E-state index contributed by atoms with van der Waals surface area (Å²) in [5, 5.41) is 15.6. The van der Waals surface area contributed by atoms with Gasteiger partial charge in [0, 0.05) is 25.7 Å². The number of benzene rings is 2. The summed E-state index contributed by atoms with van der Waals surface area (Å²) < 4.78 is 14.0. The van der Waals surface area contributed by atoms with E-state index < -0.39 is 6.10 Å². The van der Waals surface area contributed by atoms with E-state index in [1.807, 2.05) is 65.3 Å². The van der Waals surface area contributed by atoms with Gasteiger partial charge in [0.05, 0.1) is 29.7 Å². The molecule has 1 heterocycles. The summed E-state index contributed by atoms with van der Waals surface area (Å²) in [5.41, 5.74) is 2.98. The minimum Gasteiger partial charge on any atom is -0.439 e. The summed E-state index contributed by atoms with van der Waals surface area (Å²) in [5.74, 6) is 1.93. The van der Waals surface area contributed by atoms with Crippen LogP contribution in [0.25, 0.3) is 5.69 Å². The number of aryl methyl sites for hydroxylation is 1. The van der Waals surface area contributed by atoms with E-state index >= 15 is 0 Å². The van der Waals surface area contributed by atoms with Gasteiger partial charge in [0.1, 0.15) is 5.75 Å². The van der Waals surface area contributed by atoms with Crippen LogP contribution >= 0.6 is 0 Å². The zero-order chi connectivity index (χ0) is 24.5. The van der Waals surface area contributed by atoms with E-state index in [4.69, 9.17) is 14.6 Å². The van der Waals surface area contributed by atoms with Crippen LogP contribution in [0.15, 0.2) is 60.7 Å². The Morgan fingerprint density at radius 2 is 1.59 bits per heavy atom. The maximum atomic E-state index is 10.7. The highest BCUT2D eigenvalue weighted by Crippen LogP contribution is 2.32. The zero-order valence-electron chi connectivity index (χ0n) is 21.1. The summed E-state index contributed by atoms with van der Waals surface area (Å²) in [4.78, 5) is 2.26. The third kappa shape index (κ3) is 7.16. The first-order valence-corrected chi connectivity index (χ1v) is 12.3. The molecule has 0 saturated carbocycles. The molecule has 0 aliphatic heterocycles. The minimum atomic E-state index is -0.561. The van der Waals surface area contributed by atoms with E-state index in [1.165, 1.54) is 0 Å². The van der Waals surface area contributed by atoms with E-state index in [9.17, 15) is 5.11 Å². The number of aliphatic hydroxyl groups excluding tert-OH is 1. The van der Waals surface area contributed by atoms with Gasteiger partial charge in [0.15, 0.2) is 0 Å². The third-order valence-electron chi connectivity index (χ3n) is 5.61. The molecule has 184 valence electrons. The highest BCUT2D eigenvalue weighted by atomic mass is 16.5. The van der Waals surface area contributed by atoms with Gasteiger partial charge < -0.3 is 14.6 Å². The molecular weight excluding hydrogens is 426 g/mol. The smallest absolute Gasteiger partial charge is 0.227 e. The zero-order valence-corrected chi connectivity index (χ0v) is 21.1. The molecule has 6 heteroatoms. The molecule has 6 nitrogen and oxygen atoms in total. The number of aromatic nitrogens is 2. The molecule has 1 aromatic heterocycles. The topological polar surface area (TPSA) is 59.8 Å². The van der Waals surface area contributed by atoms with Crippen LogP contribution in [0.2, 0.25) is 0 Å². The van der Waals surface area contributed by atoms with E-state index in [0.29, 0.717) is 38.1 Å². The second-order valence-electron chi connectivity index (χ2n) is 9.35. The molecule has 0 saturated heterocycles. The average molecular weight is 466 g/mol. The largest absolute Gasteiger partial charge is 0.439 e. The van der Waals surface area contributed by atoms with Crippen LogP contribution in [-0.4, -0.2) is 51.7 Å². The summed E-state index contributed by atoms with van der Waals surface area (Å²) >= 11 is 0. The van der Waals surface area contributed by atoms with E-state index in [1.54, 1.807) is 0 Å². The quantitative estimate of drug-likeness (QED) is 0.363. The van der Waals surface area contributed by atoms with Gasteiger partial charge in [-0.15, -0.1) is 0 Å². The first-order chi connectivity index (χ1) is 16.4. The molecule has 3 rings (SSSR count). The number of ether oxygens (including phenoxy) is 2. The van der Waals surface area contributed by atoms with Crippen molar-refractivity contribution in [2.75, 3.05) is 19.8 Å². The lowest BCUT2D eigenvalue weighted by atomic mass is 10.1. The predicted molar refractivity (Wildman–Crippen MR) is 137 cm³/mol. The second kappa shape index (κ2) is 12.7. The predicted octanol–water partition coefficient (Wildman–Crippen LogP) is 5.47. The van der Waals surface area contributed by atoms with Gasteiger partial charge in [-0.1, -0.05) is 57.2 Å². The normalized spacial score (nSPS) is 12.6. The Hall–Kier alpha value is -2.67. The van der Waals surface area contributed by atoms with Crippen molar-refractivity contribution in [1.29, 1.82) is 0 Å². The van der Waals surface area contributed by atoms with Crippen LogP contribution in [0, 0.1) is 5.92 Å². The molecule has 0 radical (unpaired) electrons. The first kappa shape index (κ1) is 25.9. The Balaban J connectivity index is 1.92. The van der Waals surface area contributed by atoms with Crippen molar-refractivity contribution in [1.82, 2.24) is 14.7 Å². The fraction of sp³-hybridized carbons (Fsp3) is 0.464. The average Bonchev–Trinajstić information content (AvgIpc) is 3.16. The number of aliphatic hydroxyl groups is 1. The molecule has 0 fully saturated rings. The van der Waals surface area contributed by atoms with Gasteiger partial charge in [-0.3, -0.25) is 4.90 Å². The molecule has 34 heavy (non-hydrogen) atoms. The van der Waals surface area contributed by atoms with Gasteiger partial charge in [-0.25, -0.2) is 4.68 Å². The monoisotopic (exact) mass is 465 g/mol. The number of nitrogens with zero attached hydrogens (tertiary/aromatic N) is 3. The minimum absolute atomic E-state index is 0.231. The standard InChI is InChI=1S/C28H39N3O3/c1-6-27-26(18-30(22(4)5)17-24(32)20-33-19-21(2)3)28(34-25-15-11-8-12-16-25)31(29-27)23-13-9-7-10-14-23/h7-16,21-22,24,32H,6,17-20H2,1-5H3/t24-/m0/s1. The molecule has 1 N–H and O–H groups in total. The molecule has 0 spiro atoms. The van der Waals surface area contributed by atoms with E-state index in [0.717, 1.165) is 29.1 Å². The van der Waals surface area contributed by atoms with Crippen molar-refractivity contribution in [3.8, 4) is 17.3 Å². The Bertz CT molecular complexity index is 987. The van der Waals surface area contributed by atoms with Gasteiger partial charge in [-0.2, -0.15) is 5.10 Å². The first-order valence-electron chi connectivity index (χ1n) is 12.3. The van der Waals surface area contributed by atoms with Crippen LogP contribution in [0.5, 0.6) is 11.6 Å². The second-order valence-corrected chi connectivity index (χ2v) is 9.35. The molecule has 0 unspecified atom stereocenters. The van der Waals surface area contributed by atoms with Crippen molar-refractivity contribution in [2.24, 2.45) is 5.92 Å². The summed E-state index contributed by atoms with van der Waals surface area (Å²) in [7, 11) is 0. The molecule has 0 amide bonds. The Labute approximate surface area is 204 Å². The molecule has 0 aliphatic carbocycles. The highest BCUT2D eigenvalue weighted by Gasteiger charge is 2.25. The van der Waals surface area contributed by atoms with Crippen molar-refractivity contribution >= 4 is 0 Å². The number of rotatable bonds is 13. The summed E-state index contributed by atoms with van der Waals surface area (Å²) in [6.07, 6.45) is 0.223. The fourth-order valence-corrected chi connectivity index (χ4v) is 3.79. The van der Waals surface area contributed by atoms with Crippen molar-refractivity contribution in [2.45, 2.75) is 59.7 Å². The SMILES string of the molecule is CCc1nn(-c2ccccc2)c(Oc2ccccc2)c1CN(C[C@H](O)COCC(C)C)C(C)C. The van der Waals surface area contributed by atoms with E-state index in [-0.39, 0.29) is 6.04 Å². The maximum Gasteiger partial charge on any atom is 0.227 e. The summed E-state index contributed by atoms with van der Waals surface area (Å²) in [6.45, 7) is 12.7. The molecular formula is C28H39N3O3. The van der Waals surface area contributed by atoms with Crippen LogP contribution < -0.4 is 4.74 Å². The Kier molecular flexibility index (Phi) is 9.69. The van der Waals surface area contributed by atoms with Gasteiger partial charge in [-0.05, 0) is 50.5 Å². The molecule has 0 aliphatic rings. The third-order valence-corrected chi connectivity index (χ3v) is 5.61. The van der Waals surface area contributed by atoms with Gasteiger partial charge in [0.25, 0.3) is 0 Å². The van der Waals surface area contributed by atoms with Crippen molar-refractivity contribution < 1.29 is 14.6 Å². The summed E-state index contributed by atoms with van der Waals surface area (Å²) in [6, 6.07) is 20.1. The molecule has 3 aromatic rings. The van der Waals surface area contributed by atoms with Crippen LogP contribution in [-0.2, 0) is 17.7 Å². The highest BCUT2D eigenvalue weighted by molar-refractivity contribution is 5.43. The van der Waals surface area contributed by atoms with Crippen LogP contribution in [0.3, 0.4) is 0 Å². The molecule has 2 aromatic carbocycles. The molecule has 0 bridgehead atoms. The fourth-order valence-electron chi connectivity index (χ4n) is 3.79. The lowest BCUT2D eigenvalue weighted by molar-refractivity contribution is 0.00160. The Morgan fingerprint density at radius 1 is 0.941 bits per heavy atom. The molecule has 1 atom stereocenters. The lowest BCUT2D eigenvalue weighted by Crippen LogP contribution is -2.39. The number of hydrogen-bond donors (Lipinski definition) is 1. The number of para-hydroxylation sites is 2. The maximum absolute atomic E-state index is 10.7. The van der Waals surface area contributed by atoms with Crippen LogP contribution in [0.4, 0.5) is 0 Å². The van der Waals surface area contributed by atoms with Crippen molar-refractivity contribution in [3.63, 3.8) is 0 Å². The van der Waals surface area contributed by atoms with E-state index in [2.05, 4.69) is 39.5 Å². The lowest BCUT2D eigenvalue weighted by Gasteiger charge is -2.29. The number of hydrogen-bond acceptors (Lipinski definition) is 5. The Morgan fingerprint density at radius 3 is 2.18 bits per heavy atom. The van der Waals surface area contributed by atoms with Gasteiger partial charge in [0.2, 0.25) is 5.88 Å². The van der Waals surface area contributed by atoms with Crippen molar-refractivity contribution in [3.05, 3.63) is 71.9 Å². The van der Waals surface area contributed by atoms with Gasteiger partial charge >= 0.3 is 0 Å².